The molecule has 0 fully saturated rings. The number of hydrogen-bond donors (Lipinski definition) is 1. The minimum absolute atomic E-state index is 0.126. The van der Waals surface area contributed by atoms with Gasteiger partial charge in [0.25, 0.3) is 0 Å². The third-order valence-corrected chi connectivity index (χ3v) is 4.96. The van der Waals surface area contributed by atoms with E-state index < -0.39 is 0 Å². The standard InChI is InChI=1S/C19H21N5O3S/c1-12-5-7-15(13(2)9-12)20-18(25)11-28-19-21-22-23-24(19)14-6-8-16(26-3)17(10-14)27-4/h5-10H,11H2,1-4H3,(H,20,25). The van der Waals surface area contributed by atoms with E-state index in [2.05, 4.69) is 20.8 Å². The molecular weight excluding hydrogens is 378 g/mol. The van der Waals surface area contributed by atoms with Crippen molar-refractivity contribution in [1.29, 1.82) is 0 Å². The largest absolute Gasteiger partial charge is 0.493 e. The number of thioether (sulfide) groups is 1. The Kier molecular flexibility index (Phi) is 6.15. The highest BCUT2D eigenvalue weighted by atomic mass is 32.2. The fourth-order valence-corrected chi connectivity index (χ4v) is 3.35. The number of methoxy groups -OCH3 is 2. The van der Waals surface area contributed by atoms with Gasteiger partial charge in [0.15, 0.2) is 11.5 Å². The van der Waals surface area contributed by atoms with E-state index in [9.17, 15) is 4.79 Å². The van der Waals surface area contributed by atoms with Gasteiger partial charge in [-0.15, -0.1) is 5.10 Å². The summed E-state index contributed by atoms with van der Waals surface area (Å²) in [4.78, 5) is 12.3. The van der Waals surface area contributed by atoms with Crippen molar-refractivity contribution in [3.8, 4) is 17.2 Å². The molecule has 0 spiro atoms. The van der Waals surface area contributed by atoms with Crippen molar-refractivity contribution < 1.29 is 14.3 Å². The maximum atomic E-state index is 12.3. The number of aromatic nitrogens is 4. The summed E-state index contributed by atoms with van der Waals surface area (Å²) in [5.74, 6) is 1.24. The first kappa shape index (κ1) is 19.7. The summed E-state index contributed by atoms with van der Waals surface area (Å²) in [5, 5.41) is 15.2. The van der Waals surface area contributed by atoms with Crippen LogP contribution in [0.4, 0.5) is 5.69 Å². The Labute approximate surface area is 167 Å². The number of carbonyl (C=O) groups is 1. The van der Waals surface area contributed by atoms with Gasteiger partial charge in [0.05, 0.1) is 25.7 Å². The summed E-state index contributed by atoms with van der Waals surface area (Å²) in [6.45, 7) is 3.98. The molecule has 0 saturated carbocycles. The number of amides is 1. The molecule has 0 radical (unpaired) electrons. The van der Waals surface area contributed by atoms with Crippen LogP contribution in [0.15, 0.2) is 41.6 Å². The molecule has 0 atom stereocenters. The van der Waals surface area contributed by atoms with Gasteiger partial charge in [0, 0.05) is 11.8 Å². The smallest absolute Gasteiger partial charge is 0.234 e. The van der Waals surface area contributed by atoms with Crippen LogP contribution in [0.2, 0.25) is 0 Å². The van der Waals surface area contributed by atoms with E-state index in [1.54, 1.807) is 31.0 Å². The third-order valence-electron chi connectivity index (χ3n) is 4.04. The highest BCUT2D eigenvalue weighted by Crippen LogP contribution is 2.30. The highest BCUT2D eigenvalue weighted by Gasteiger charge is 2.14. The zero-order valence-corrected chi connectivity index (χ0v) is 16.9. The average Bonchev–Trinajstić information content (AvgIpc) is 3.16. The zero-order valence-electron chi connectivity index (χ0n) is 16.1. The molecule has 8 nitrogen and oxygen atoms in total. The molecule has 1 amide bonds. The van der Waals surface area contributed by atoms with Crippen LogP contribution < -0.4 is 14.8 Å². The van der Waals surface area contributed by atoms with Gasteiger partial charge < -0.3 is 14.8 Å². The second kappa shape index (κ2) is 8.75. The van der Waals surface area contributed by atoms with Crippen LogP contribution in [0.3, 0.4) is 0 Å². The van der Waals surface area contributed by atoms with Gasteiger partial charge >= 0.3 is 0 Å². The Balaban J connectivity index is 1.70. The lowest BCUT2D eigenvalue weighted by Crippen LogP contribution is -2.15. The summed E-state index contributed by atoms with van der Waals surface area (Å²) in [6.07, 6.45) is 0. The van der Waals surface area contributed by atoms with E-state index in [4.69, 9.17) is 9.47 Å². The normalized spacial score (nSPS) is 10.6. The van der Waals surface area contributed by atoms with Crippen LogP contribution in [0, 0.1) is 13.8 Å². The minimum atomic E-state index is -0.126. The van der Waals surface area contributed by atoms with Crippen molar-refractivity contribution in [2.24, 2.45) is 0 Å². The Bertz CT molecular complexity index is 989. The predicted octanol–water partition coefficient (Wildman–Crippen LogP) is 3.03. The van der Waals surface area contributed by atoms with Crippen molar-refractivity contribution in [2.75, 3.05) is 25.3 Å². The molecule has 0 saturated heterocycles. The van der Waals surface area contributed by atoms with Crippen molar-refractivity contribution in [3.05, 3.63) is 47.5 Å². The van der Waals surface area contributed by atoms with Gasteiger partial charge in [-0.05, 0) is 48.0 Å². The molecule has 0 aliphatic heterocycles. The summed E-state index contributed by atoms with van der Waals surface area (Å²) in [5.41, 5.74) is 3.68. The number of hydrogen-bond acceptors (Lipinski definition) is 7. The van der Waals surface area contributed by atoms with E-state index in [-0.39, 0.29) is 11.7 Å². The molecule has 9 heteroatoms. The molecule has 0 unspecified atom stereocenters. The van der Waals surface area contributed by atoms with E-state index in [1.807, 2.05) is 38.1 Å². The molecule has 2 aromatic carbocycles. The molecule has 1 heterocycles. The Hall–Kier alpha value is -3.07. The number of anilines is 1. The first-order valence-electron chi connectivity index (χ1n) is 8.52. The zero-order chi connectivity index (χ0) is 20.1. The molecule has 1 N–H and O–H groups in total. The number of tetrazole rings is 1. The van der Waals surface area contributed by atoms with Gasteiger partial charge in [-0.1, -0.05) is 29.5 Å². The lowest BCUT2D eigenvalue weighted by atomic mass is 10.1. The molecule has 28 heavy (non-hydrogen) atoms. The average molecular weight is 399 g/mol. The monoisotopic (exact) mass is 399 g/mol. The lowest BCUT2D eigenvalue weighted by molar-refractivity contribution is -0.113. The summed E-state index contributed by atoms with van der Waals surface area (Å²) in [6, 6.07) is 11.3. The number of ether oxygens (including phenoxy) is 2. The van der Waals surface area contributed by atoms with E-state index in [1.165, 1.54) is 11.8 Å². The fraction of sp³-hybridized carbons (Fsp3) is 0.263. The molecule has 3 aromatic rings. The van der Waals surface area contributed by atoms with Gasteiger partial charge in [0.1, 0.15) is 0 Å². The summed E-state index contributed by atoms with van der Waals surface area (Å²) in [7, 11) is 3.14. The second-order valence-electron chi connectivity index (χ2n) is 6.07. The number of aryl methyl sites for hydroxylation is 2. The van der Waals surface area contributed by atoms with Crippen LogP contribution in [0.5, 0.6) is 11.5 Å². The molecular formula is C19H21N5O3S. The van der Waals surface area contributed by atoms with Crippen LogP contribution >= 0.6 is 11.8 Å². The number of benzene rings is 2. The first-order chi connectivity index (χ1) is 13.5. The number of carbonyl (C=O) groups excluding carboxylic acids is 1. The molecule has 0 bridgehead atoms. The number of nitrogens with one attached hydrogen (secondary N) is 1. The fourth-order valence-electron chi connectivity index (χ4n) is 2.66. The van der Waals surface area contributed by atoms with Crippen LogP contribution in [-0.4, -0.2) is 46.1 Å². The van der Waals surface area contributed by atoms with Gasteiger partial charge in [0.2, 0.25) is 11.1 Å². The summed E-state index contributed by atoms with van der Waals surface area (Å²) >= 11 is 1.25. The van der Waals surface area contributed by atoms with Crippen LogP contribution in [0.25, 0.3) is 5.69 Å². The highest BCUT2D eigenvalue weighted by molar-refractivity contribution is 7.99. The molecule has 146 valence electrons. The molecule has 3 rings (SSSR count). The third kappa shape index (κ3) is 4.42. The number of nitrogens with zero attached hydrogens (tertiary/aromatic N) is 4. The Morgan fingerprint density at radius 3 is 2.61 bits per heavy atom. The number of rotatable bonds is 7. The van der Waals surface area contributed by atoms with Crippen LogP contribution in [-0.2, 0) is 4.79 Å². The lowest BCUT2D eigenvalue weighted by Gasteiger charge is -2.10. The topological polar surface area (TPSA) is 91.2 Å². The van der Waals surface area contributed by atoms with Crippen LogP contribution in [0.1, 0.15) is 11.1 Å². The molecule has 0 aliphatic carbocycles. The van der Waals surface area contributed by atoms with Crippen molar-refractivity contribution in [3.63, 3.8) is 0 Å². The van der Waals surface area contributed by atoms with E-state index in [0.717, 1.165) is 16.8 Å². The van der Waals surface area contributed by atoms with E-state index in [0.29, 0.717) is 22.3 Å². The Morgan fingerprint density at radius 2 is 1.89 bits per heavy atom. The van der Waals surface area contributed by atoms with Crippen molar-refractivity contribution in [1.82, 2.24) is 20.2 Å². The second-order valence-corrected chi connectivity index (χ2v) is 7.01. The molecule has 0 aliphatic rings. The van der Waals surface area contributed by atoms with Gasteiger partial charge in [-0.3, -0.25) is 4.79 Å². The first-order valence-corrected chi connectivity index (χ1v) is 9.51. The molecule has 1 aromatic heterocycles. The Morgan fingerprint density at radius 1 is 1.11 bits per heavy atom. The van der Waals surface area contributed by atoms with Crippen molar-refractivity contribution in [2.45, 2.75) is 19.0 Å². The predicted molar refractivity (Wildman–Crippen MR) is 108 cm³/mol. The van der Waals surface area contributed by atoms with E-state index >= 15 is 0 Å². The SMILES string of the molecule is COc1ccc(-n2nnnc2SCC(=O)Nc2ccc(C)cc2C)cc1OC. The quantitative estimate of drug-likeness (QED) is 0.611. The van der Waals surface area contributed by atoms with Crippen molar-refractivity contribution >= 4 is 23.4 Å². The minimum Gasteiger partial charge on any atom is -0.493 e. The van der Waals surface area contributed by atoms with Gasteiger partial charge in [-0.25, -0.2) is 0 Å². The maximum absolute atomic E-state index is 12.3. The maximum Gasteiger partial charge on any atom is 0.234 e. The summed E-state index contributed by atoms with van der Waals surface area (Å²) < 4.78 is 12.1. The van der Waals surface area contributed by atoms with Gasteiger partial charge in [-0.2, -0.15) is 4.68 Å².